The Morgan fingerprint density at radius 1 is 0.508 bits per heavy atom. The SMILES string of the molecule is CCCCC/C=C\C/C=C\C/C=C\C(CCCCCCCC(=O)NCC(=O)NC(CO)C(=O)O)OC(=O)CCCCCCCCCCCCCCCCCCCCCCCC. The molecule has 2 unspecified atom stereocenters. The van der Waals surface area contributed by atoms with E-state index in [1.54, 1.807) is 0 Å². The first-order valence-corrected chi connectivity index (χ1v) is 25.4. The first kappa shape index (κ1) is 58.1. The Morgan fingerprint density at radius 3 is 1.43 bits per heavy atom. The highest BCUT2D eigenvalue weighted by atomic mass is 16.5. The number of ether oxygens (including phenoxy) is 1. The molecule has 0 heterocycles. The van der Waals surface area contributed by atoms with E-state index in [1.807, 2.05) is 6.08 Å². The van der Waals surface area contributed by atoms with Crippen LogP contribution in [0, 0.1) is 0 Å². The number of rotatable bonds is 46. The van der Waals surface area contributed by atoms with Gasteiger partial charge in [-0.3, -0.25) is 14.4 Å². The van der Waals surface area contributed by atoms with Gasteiger partial charge in [0.2, 0.25) is 11.8 Å². The van der Waals surface area contributed by atoms with E-state index in [2.05, 4.69) is 54.9 Å². The highest BCUT2D eigenvalue weighted by Gasteiger charge is 2.18. The summed E-state index contributed by atoms with van der Waals surface area (Å²) in [7, 11) is 0. The van der Waals surface area contributed by atoms with E-state index in [0.29, 0.717) is 12.8 Å². The van der Waals surface area contributed by atoms with Crippen molar-refractivity contribution in [2.45, 2.75) is 257 Å². The molecule has 9 nitrogen and oxygen atoms in total. The van der Waals surface area contributed by atoms with Gasteiger partial charge in [0.1, 0.15) is 12.1 Å². The van der Waals surface area contributed by atoms with Crippen molar-refractivity contribution in [1.82, 2.24) is 10.6 Å². The molecule has 4 N–H and O–H groups in total. The van der Waals surface area contributed by atoms with E-state index in [0.717, 1.165) is 64.2 Å². The lowest BCUT2D eigenvalue weighted by atomic mass is 10.0. The van der Waals surface area contributed by atoms with Crippen LogP contribution in [0.25, 0.3) is 0 Å². The third-order valence-electron chi connectivity index (χ3n) is 11.4. The average Bonchev–Trinajstić information content (AvgIpc) is 3.25. The predicted octanol–water partition coefficient (Wildman–Crippen LogP) is 13.3. The van der Waals surface area contributed by atoms with Crippen LogP contribution in [0.1, 0.15) is 245 Å². The van der Waals surface area contributed by atoms with Gasteiger partial charge in [-0.2, -0.15) is 0 Å². The van der Waals surface area contributed by atoms with Gasteiger partial charge < -0.3 is 25.6 Å². The molecular weight excluding hydrogens is 765 g/mol. The molecule has 0 rings (SSSR count). The van der Waals surface area contributed by atoms with Gasteiger partial charge in [0.15, 0.2) is 0 Å². The number of carboxylic acid groups (broad SMARTS) is 1. The standard InChI is InChI=1S/C52H94N2O7/c1-3-5-7-9-11-13-15-16-17-18-19-20-21-22-23-24-25-27-29-31-36-40-44-51(58)61-47(41-37-33-30-28-26-14-12-10-8-6-4-2)42-38-34-32-35-39-43-49(56)53-45-50(57)54-48(46-55)52(59)60/h12,14,28,30,37,41,47-48,55H,3-11,13,15-27,29,31-36,38-40,42-46H2,1-2H3,(H,53,56)(H,54,57)(H,59,60)/b14-12-,30-28-,41-37-. The van der Waals surface area contributed by atoms with Gasteiger partial charge in [-0.05, 0) is 57.4 Å². The van der Waals surface area contributed by atoms with Crippen molar-refractivity contribution in [2.75, 3.05) is 13.2 Å². The zero-order valence-corrected chi connectivity index (χ0v) is 39.4. The molecule has 61 heavy (non-hydrogen) atoms. The summed E-state index contributed by atoms with van der Waals surface area (Å²) in [4.78, 5) is 47.7. The fraction of sp³-hybridized carbons (Fsp3) is 0.808. The summed E-state index contributed by atoms with van der Waals surface area (Å²) in [6.07, 6.45) is 54.9. The van der Waals surface area contributed by atoms with E-state index >= 15 is 0 Å². The molecule has 0 saturated carbocycles. The monoisotopic (exact) mass is 859 g/mol. The predicted molar refractivity (Wildman–Crippen MR) is 255 cm³/mol. The maximum absolute atomic E-state index is 12.8. The quantitative estimate of drug-likeness (QED) is 0.0271. The molecule has 0 spiro atoms. The Labute approximate surface area is 374 Å². The summed E-state index contributed by atoms with van der Waals surface area (Å²) in [5, 5.41) is 22.6. The van der Waals surface area contributed by atoms with Gasteiger partial charge >= 0.3 is 11.9 Å². The maximum atomic E-state index is 12.8. The first-order valence-electron chi connectivity index (χ1n) is 25.4. The van der Waals surface area contributed by atoms with Gasteiger partial charge in [0.25, 0.3) is 0 Å². The molecule has 0 aromatic rings. The second-order valence-corrected chi connectivity index (χ2v) is 17.3. The van der Waals surface area contributed by atoms with Gasteiger partial charge in [0.05, 0.1) is 13.2 Å². The summed E-state index contributed by atoms with van der Waals surface area (Å²) in [6, 6.07) is -1.39. The molecule has 2 amide bonds. The maximum Gasteiger partial charge on any atom is 0.328 e. The fourth-order valence-corrected chi connectivity index (χ4v) is 7.47. The highest BCUT2D eigenvalue weighted by molar-refractivity contribution is 5.87. The molecule has 0 aromatic heterocycles. The number of nitrogens with one attached hydrogen (secondary N) is 2. The van der Waals surface area contributed by atoms with Crippen LogP contribution in [0.15, 0.2) is 36.5 Å². The second-order valence-electron chi connectivity index (χ2n) is 17.3. The Morgan fingerprint density at radius 2 is 0.934 bits per heavy atom. The number of aliphatic carboxylic acids is 1. The molecule has 354 valence electrons. The van der Waals surface area contributed by atoms with Gasteiger partial charge in [-0.15, -0.1) is 0 Å². The minimum absolute atomic E-state index is 0.110. The smallest absolute Gasteiger partial charge is 0.328 e. The number of aliphatic hydroxyl groups excluding tert-OH is 1. The molecule has 0 aliphatic rings. The van der Waals surface area contributed by atoms with E-state index < -0.39 is 24.5 Å². The lowest BCUT2D eigenvalue weighted by Crippen LogP contribution is -2.47. The van der Waals surface area contributed by atoms with E-state index in [9.17, 15) is 19.2 Å². The number of amides is 2. The van der Waals surface area contributed by atoms with Crippen LogP contribution >= 0.6 is 0 Å². The van der Waals surface area contributed by atoms with Gasteiger partial charge in [-0.1, -0.05) is 211 Å². The van der Waals surface area contributed by atoms with Gasteiger partial charge in [-0.25, -0.2) is 4.79 Å². The number of unbranched alkanes of at least 4 members (excludes halogenated alkanes) is 28. The van der Waals surface area contributed by atoms with Crippen molar-refractivity contribution in [2.24, 2.45) is 0 Å². The number of hydrogen-bond donors (Lipinski definition) is 4. The van der Waals surface area contributed by atoms with Crippen molar-refractivity contribution in [3.8, 4) is 0 Å². The van der Waals surface area contributed by atoms with Crippen LogP contribution < -0.4 is 10.6 Å². The zero-order valence-electron chi connectivity index (χ0n) is 39.4. The minimum Gasteiger partial charge on any atom is -0.480 e. The van der Waals surface area contributed by atoms with Crippen molar-refractivity contribution in [3.05, 3.63) is 36.5 Å². The van der Waals surface area contributed by atoms with Crippen LogP contribution in [-0.4, -0.2) is 59.3 Å². The molecule has 2 atom stereocenters. The molecular formula is C52H94N2O7. The Bertz CT molecular complexity index is 1120. The molecule has 0 fully saturated rings. The Hall–Kier alpha value is -2.94. The van der Waals surface area contributed by atoms with E-state index in [4.69, 9.17) is 14.9 Å². The summed E-state index contributed by atoms with van der Waals surface area (Å²) >= 11 is 0. The van der Waals surface area contributed by atoms with Crippen LogP contribution in [0.2, 0.25) is 0 Å². The zero-order chi connectivity index (χ0) is 44.7. The number of allylic oxidation sites excluding steroid dienone is 5. The number of carbonyl (C=O) groups excluding carboxylic acids is 3. The number of aliphatic hydroxyl groups is 1. The normalized spacial score (nSPS) is 12.7. The Kier molecular flexibility index (Phi) is 44.3. The van der Waals surface area contributed by atoms with E-state index in [1.165, 1.54) is 148 Å². The number of carboxylic acids is 1. The van der Waals surface area contributed by atoms with Crippen molar-refractivity contribution < 1.29 is 34.1 Å². The molecule has 0 bridgehead atoms. The van der Waals surface area contributed by atoms with Crippen molar-refractivity contribution in [3.63, 3.8) is 0 Å². The third kappa shape index (κ3) is 43.5. The molecule has 0 saturated heterocycles. The summed E-state index contributed by atoms with van der Waals surface area (Å²) < 4.78 is 5.95. The third-order valence-corrected chi connectivity index (χ3v) is 11.4. The number of esters is 1. The second kappa shape index (κ2) is 46.6. The lowest BCUT2D eigenvalue weighted by molar-refractivity contribution is -0.147. The molecule has 0 radical (unpaired) electrons. The van der Waals surface area contributed by atoms with Gasteiger partial charge in [0, 0.05) is 12.8 Å². The summed E-state index contributed by atoms with van der Waals surface area (Å²) in [5.74, 6) is -2.38. The van der Waals surface area contributed by atoms with Crippen molar-refractivity contribution in [1.29, 1.82) is 0 Å². The topological polar surface area (TPSA) is 142 Å². The summed E-state index contributed by atoms with van der Waals surface area (Å²) in [5.41, 5.74) is 0. The Balaban J connectivity index is 4.22. The van der Waals surface area contributed by atoms with Crippen LogP contribution in [0.3, 0.4) is 0 Å². The van der Waals surface area contributed by atoms with Crippen molar-refractivity contribution >= 4 is 23.8 Å². The molecule has 9 heteroatoms. The summed E-state index contributed by atoms with van der Waals surface area (Å²) in [6.45, 7) is 3.46. The fourth-order valence-electron chi connectivity index (χ4n) is 7.47. The van der Waals surface area contributed by atoms with Crippen LogP contribution in [0.4, 0.5) is 0 Å². The first-order chi connectivity index (χ1) is 29.8. The van der Waals surface area contributed by atoms with Crippen LogP contribution in [0.5, 0.6) is 0 Å². The lowest BCUT2D eigenvalue weighted by Gasteiger charge is -2.15. The molecule has 0 aliphatic carbocycles. The van der Waals surface area contributed by atoms with E-state index in [-0.39, 0.29) is 30.9 Å². The minimum atomic E-state index is -1.39. The highest BCUT2D eigenvalue weighted by Crippen LogP contribution is 2.17. The number of carbonyl (C=O) groups is 4. The number of hydrogen-bond acceptors (Lipinski definition) is 6. The molecule has 0 aliphatic heterocycles. The average molecular weight is 859 g/mol. The van der Waals surface area contributed by atoms with Crippen LogP contribution in [-0.2, 0) is 23.9 Å². The largest absolute Gasteiger partial charge is 0.480 e. The molecule has 0 aromatic carbocycles.